The second kappa shape index (κ2) is 15.5. The van der Waals surface area contributed by atoms with Gasteiger partial charge in [-0.25, -0.2) is 31.5 Å². The normalized spacial score (nSPS) is 24.8. The number of aromatic amines is 2. The topological polar surface area (TPSA) is 223 Å². The molecule has 0 atom stereocenters. The Morgan fingerprint density at radius 1 is 0.782 bits per heavy atom. The summed E-state index contributed by atoms with van der Waals surface area (Å²) in [5.74, 6) is 6.46. The van der Waals surface area contributed by atoms with Crippen LogP contribution >= 0.6 is 10.7 Å². The SMILES string of the molecule is NC1CC(C2=CB(O)Oc3cnc4[nH]ccc4c32)C1.O=S(=O)(CC1CCC1)NC1CC(C2=CB(O)Oc3cnc4[nH]ccc4c32)C1.O=S(=O)(Cl)CC1CCC1. The van der Waals surface area contributed by atoms with E-state index >= 15 is 0 Å². The molecule has 14 nitrogen and oxygen atoms in total. The van der Waals surface area contributed by atoms with E-state index in [0.29, 0.717) is 29.3 Å². The van der Waals surface area contributed by atoms with Crippen molar-refractivity contribution in [3.05, 3.63) is 60.0 Å². The molecule has 6 heterocycles. The minimum atomic E-state index is -3.21. The first-order valence-corrected chi connectivity index (χ1v) is 23.2. The van der Waals surface area contributed by atoms with E-state index in [-0.39, 0.29) is 29.5 Å². The number of fused-ring (bicyclic) bond motifs is 6. The number of nitrogens with zero attached hydrogens (tertiary/aromatic N) is 2. The number of hydrogen-bond donors (Lipinski definition) is 6. The molecule has 0 unspecified atom stereocenters. The molecule has 4 saturated carbocycles. The largest absolute Gasteiger partial charge is 0.552 e. The van der Waals surface area contributed by atoms with Crippen LogP contribution < -0.4 is 19.8 Å². The molecule has 0 radical (unpaired) electrons. The molecule has 0 spiro atoms. The number of nitrogens with two attached hydrogens (primary N) is 1. The molecule has 19 heteroatoms. The fourth-order valence-electron chi connectivity index (χ4n) is 8.33. The van der Waals surface area contributed by atoms with Gasteiger partial charge in [-0.1, -0.05) is 12.8 Å². The Bertz CT molecular complexity index is 2340. The number of pyridine rings is 2. The van der Waals surface area contributed by atoms with Crippen LogP contribution in [0.25, 0.3) is 33.2 Å². The molecular weight excluding hydrogens is 766 g/mol. The van der Waals surface area contributed by atoms with Crippen LogP contribution in [-0.4, -0.2) is 84.6 Å². The molecule has 2 aliphatic heterocycles. The quantitative estimate of drug-likeness (QED) is 0.109. The molecule has 0 bridgehead atoms. The van der Waals surface area contributed by atoms with Gasteiger partial charge >= 0.3 is 14.2 Å². The number of halogens is 1. The van der Waals surface area contributed by atoms with E-state index in [1.165, 1.54) is 0 Å². The number of aromatic nitrogens is 4. The van der Waals surface area contributed by atoms with Gasteiger partial charge in [-0.2, -0.15) is 0 Å². The minimum absolute atomic E-state index is 0.0343. The zero-order valence-electron chi connectivity index (χ0n) is 30.2. The minimum Gasteiger partial charge on any atom is -0.531 e. The molecule has 0 saturated heterocycles. The van der Waals surface area contributed by atoms with Gasteiger partial charge in [-0.3, -0.25) is 0 Å². The van der Waals surface area contributed by atoms with Crippen molar-refractivity contribution >= 4 is 77.2 Å². The van der Waals surface area contributed by atoms with Gasteiger partial charge in [0.25, 0.3) is 0 Å². The van der Waals surface area contributed by atoms with Crippen molar-refractivity contribution in [2.45, 2.75) is 76.3 Å². The van der Waals surface area contributed by atoms with E-state index in [0.717, 1.165) is 109 Å². The van der Waals surface area contributed by atoms with E-state index in [4.69, 9.17) is 25.7 Å². The third kappa shape index (κ3) is 8.65. The van der Waals surface area contributed by atoms with Crippen molar-refractivity contribution in [1.82, 2.24) is 24.7 Å². The highest BCUT2D eigenvalue weighted by Crippen LogP contribution is 2.47. The summed E-state index contributed by atoms with van der Waals surface area (Å²) in [5.41, 5.74) is 11.7. The number of sulfonamides is 1. The molecule has 4 aromatic rings. The summed E-state index contributed by atoms with van der Waals surface area (Å²) in [6.07, 6.45) is 16.8. The number of H-pyrrole nitrogens is 2. The highest BCUT2D eigenvalue weighted by molar-refractivity contribution is 8.13. The lowest BCUT2D eigenvalue weighted by molar-refractivity contribution is 0.304. The summed E-state index contributed by atoms with van der Waals surface area (Å²) < 4.78 is 59.3. The Labute approximate surface area is 325 Å². The fourth-order valence-corrected chi connectivity index (χ4v) is 11.5. The van der Waals surface area contributed by atoms with Gasteiger partial charge in [0.1, 0.15) is 22.8 Å². The van der Waals surface area contributed by atoms with Crippen LogP contribution in [0.5, 0.6) is 11.5 Å². The monoisotopic (exact) mass is 810 g/mol. The first kappa shape index (κ1) is 38.5. The summed E-state index contributed by atoms with van der Waals surface area (Å²) in [7, 11) is -3.30. The molecule has 10 rings (SSSR count). The molecule has 6 aliphatic rings. The number of hydrogen-bond acceptors (Lipinski definition) is 11. The lowest BCUT2D eigenvalue weighted by atomic mass is 9.68. The summed E-state index contributed by atoms with van der Waals surface area (Å²) >= 11 is 0. The molecule has 4 aliphatic carbocycles. The second-order valence-electron chi connectivity index (χ2n) is 15.7. The second-order valence-corrected chi connectivity index (χ2v) is 20.3. The molecule has 55 heavy (non-hydrogen) atoms. The van der Waals surface area contributed by atoms with E-state index in [1.807, 2.05) is 24.5 Å². The Hall–Kier alpha value is -3.38. The highest BCUT2D eigenvalue weighted by Gasteiger charge is 2.40. The predicted octanol–water partition coefficient (Wildman–Crippen LogP) is 4.31. The first-order chi connectivity index (χ1) is 26.3. The van der Waals surface area contributed by atoms with Crippen LogP contribution in [0, 0.1) is 23.7 Å². The van der Waals surface area contributed by atoms with Gasteiger partial charge in [-0.05, 0) is 110 Å². The van der Waals surface area contributed by atoms with Crippen LogP contribution in [0.15, 0.2) is 48.9 Å². The maximum absolute atomic E-state index is 12.3. The van der Waals surface area contributed by atoms with Crippen molar-refractivity contribution in [1.29, 1.82) is 0 Å². The fraction of sp³-hybridized carbons (Fsp3) is 0.500. The average Bonchev–Trinajstić information content (AvgIpc) is 3.74. The van der Waals surface area contributed by atoms with E-state index < -0.39 is 33.3 Å². The maximum Gasteiger partial charge on any atom is 0.552 e. The highest BCUT2D eigenvalue weighted by atomic mass is 35.7. The summed E-state index contributed by atoms with van der Waals surface area (Å²) in [4.78, 5) is 14.8. The van der Waals surface area contributed by atoms with Gasteiger partial charge < -0.3 is 35.1 Å². The van der Waals surface area contributed by atoms with Crippen molar-refractivity contribution in [3.63, 3.8) is 0 Å². The van der Waals surface area contributed by atoms with E-state index in [1.54, 1.807) is 24.3 Å². The number of rotatable bonds is 8. The maximum atomic E-state index is 12.3. The lowest BCUT2D eigenvalue weighted by Crippen LogP contribution is -2.46. The smallest absolute Gasteiger partial charge is 0.531 e. The molecule has 7 N–H and O–H groups in total. The summed E-state index contributed by atoms with van der Waals surface area (Å²) in [5, 5.41) is 21.9. The van der Waals surface area contributed by atoms with E-state index in [2.05, 4.69) is 24.7 Å². The van der Waals surface area contributed by atoms with Gasteiger partial charge in [0, 0.05) is 57.1 Å². The Morgan fingerprint density at radius 3 is 1.67 bits per heavy atom. The molecule has 0 aromatic carbocycles. The molecule has 0 amide bonds. The Balaban J connectivity index is 0.000000132. The van der Waals surface area contributed by atoms with Crippen LogP contribution in [0.1, 0.15) is 75.3 Å². The Morgan fingerprint density at radius 2 is 1.25 bits per heavy atom. The Kier molecular flexibility index (Phi) is 10.9. The predicted molar refractivity (Wildman–Crippen MR) is 214 cm³/mol. The molecule has 292 valence electrons. The van der Waals surface area contributed by atoms with Gasteiger partial charge in [-0.15, -0.1) is 0 Å². The van der Waals surface area contributed by atoms with Gasteiger partial charge in [0.15, 0.2) is 0 Å². The van der Waals surface area contributed by atoms with Crippen molar-refractivity contribution in [3.8, 4) is 11.5 Å². The summed E-state index contributed by atoms with van der Waals surface area (Å²) in [6.45, 7) is 0. The number of allylic oxidation sites excluding steroid dienone is 2. The van der Waals surface area contributed by atoms with Crippen LogP contribution in [0.4, 0.5) is 0 Å². The van der Waals surface area contributed by atoms with Crippen LogP contribution in [0.3, 0.4) is 0 Å². The molecule has 4 fully saturated rings. The van der Waals surface area contributed by atoms with Crippen molar-refractivity contribution in [2.75, 3.05) is 11.5 Å². The molecular formula is C36H45B2ClN6O8S2. The number of nitrogens with one attached hydrogen (secondary N) is 3. The van der Waals surface area contributed by atoms with E-state index in [9.17, 15) is 26.9 Å². The lowest BCUT2D eigenvalue weighted by Gasteiger charge is -2.39. The summed E-state index contributed by atoms with van der Waals surface area (Å²) in [6, 6.07) is 4.19. The average molecular weight is 811 g/mol. The van der Waals surface area contributed by atoms with Crippen LogP contribution in [-0.2, 0) is 19.1 Å². The van der Waals surface area contributed by atoms with Crippen LogP contribution in [0.2, 0.25) is 0 Å². The molecule has 4 aromatic heterocycles. The zero-order chi connectivity index (χ0) is 38.5. The van der Waals surface area contributed by atoms with Crippen molar-refractivity contribution in [2.24, 2.45) is 29.4 Å². The standard InChI is InChI=1S/C18H22BN3O4S.C13H14BN3O2.C5H9ClO2S/c23-19-8-15(17-14-4-5-20-18(14)21-9-16(17)26-19)12-6-13(7-12)22-27(24,25)10-11-2-1-3-11;15-8-3-7(4-8)10-5-14(18)19-11-6-17-13-9(12(10)11)1-2-16-13;6-9(7,8)4-5-2-1-3-5/h4-5,8-9,11-13,22-23H,1-3,6-7,10H2,(H,20,21);1-2,5-8,18H,3-4,15H2,(H,16,17);5H,1-4H2. The van der Waals surface area contributed by atoms with Gasteiger partial charge in [0.05, 0.1) is 23.9 Å². The van der Waals surface area contributed by atoms with Gasteiger partial charge in [0.2, 0.25) is 19.1 Å². The zero-order valence-corrected chi connectivity index (χ0v) is 32.6. The third-order valence-corrected chi connectivity index (χ3v) is 14.5. The third-order valence-electron chi connectivity index (χ3n) is 11.7. The van der Waals surface area contributed by atoms with Crippen molar-refractivity contribution < 1.29 is 36.2 Å². The first-order valence-electron chi connectivity index (χ1n) is 19.0.